The van der Waals surface area contributed by atoms with Crippen molar-refractivity contribution in [2.45, 2.75) is 95.3 Å². The van der Waals surface area contributed by atoms with Crippen LogP contribution in [0.4, 0.5) is 23.7 Å². The van der Waals surface area contributed by atoms with E-state index in [0.717, 1.165) is 17.7 Å². The Morgan fingerprint density at radius 2 is 1.63 bits per heavy atom. The Morgan fingerprint density at radius 3 is 2.16 bits per heavy atom. The van der Waals surface area contributed by atoms with E-state index < -0.39 is 57.8 Å². The van der Waals surface area contributed by atoms with Crippen LogP contribution in [0.25, 0.3) is 0 Å². The van der Waals surface area contributed by atoms with Crippen LogP contribution in [-0.2, 0) is 30.6 Å². The maximum Gasteiger partial charge on any atom is 0.497 e. The fourth-order valence-corrected chi connectivity index (χ4v) is 6.43. The van der Waals surface area contributed by atoms with Crippen molar-refractivity contribution in [1.29, 1.82) is 0 Å². The van der Waals surface area contributed by atoms with Crippen LogP contribution in [0.1, 0.15) is 60.5 Å². The minimum atomic E-state index is -4.62. The van der Waals surface area contributed by atoms with Crippen molar-refractivity contribution < 1.29 is 45.2 Å². The fourth-order valence-electron chi connectivity index (χ4n) is 5.24. The molecule has 1 fully saturated rings. The molecule has 2 aromatic carbocycles. The Bertz CT molecular complexity index is 1730. The van der Waals surface area contributed by atoms with Crippen LogP contribution in [0, 0.1) is 0 Å². The van der Waals surface area contributed by atoms with Gasteiger partial charge in [-0.15, -0.1) is 0 Å². The van der Waals surface area contributed by atoms with E-state index >= 15 is 0 Å². The summed E-state index contributed by atoms with van der Waals surface area (Å²) in [6.07, 6.45) is -2.54. The molecule has 1 atom stereocenters. The quantitative estimate of drug-likeness (QED) is 0.217. The molecular formula is C35H44BF3N2O7S. The Morgan fingerprint density at radius 1 is 1.04 bits per heavy atom. The zero-order valence-electron chi connectivity index (χ0n) is 29.3. The predicted molar refractivity (Wildman–Crippen MR) is 183 cm³/mol. The zero-order chi connectivity index (χ0) is 36.7. The first-order valence-electron chi connectivity index (χ1n) is 15.7. The topological polar surface area (TPSA) is 94.6 Å². The Hall–Kier alpha value is -3.59. The zero-order valence-corrected chi connectivity index (χ0v) is 30.2. The number of amides is 1. The second-order valence-electron chi connectivity index (χ2n) is 14.1. The second-order valence-corrected chi connectivity index (χ2v) is 16.1. The number of anilines is 1. The van der Waals surface area contributed by atoms with E-state index in [1.807, 2.05) is 27.7 Å². The minimum absolute atomic E-state index is 0.0468. The molecule has 0 N–H and O–H groups in total. The van der Waals surface area contributed by atoms with Crippen molar-refractivity contribution in [1.82, 2.24) is 4.31 Å². The standard InChI is InChI=1S/C35H44BF3N2O7S/c1-23-11-14-25(35(37,38)39)15-19-29(23)41(31(42)46-32(2,3)4)30-20-18-27(21-28(30)36-47-33(5,6)34(7,8)48-36)49(43,44)40(9)22-24-12-16-26(45-10)17-13-24/h12-21,29H,1,11,22H2,2-10H3. The third-order valence-electron chi connectivity index (χ3n) is 8.69. The van der Waals surface area contributed by atoms with Gasteiger partial charge in [-0.2, -0.15) is 17.5 Å². The van der Waals surface area contributed by atoms with Gasteiger partial charge in [0, 0.05) is 24.7 Å². The summed E-state index contributed by atoms with van der Waals surface area (Å²) in [5, 5.41) is 0. The molecule has 4 rings (SSSR count). The number of rotatable bonds is 8. The normalized spacial score (nSPS) is 19.4. The van der Waals surface area contributed by atoms with E-state index in [1.165, 1.54) is 47.6 Å². The van der Waals surface area contributed by atoms with Gasteiger partial charge >= 0.3 is 19.4 Å². The Kier molecular flexibility index (Phi) is 10.6. The van der Waals surface area contributed by atoms with Gasteiger partial charge in [-0.25, -0.2) is 13.2 Å². The molecule has 2 aliphatic rings. The van der Waals surface area contributed by atoms with Crippen LogP contribution < -0.4 is 15.1 Å². The highest BCUT2D eigenvalue weighted by Gasteiger charge is 2.53. The average Bonchev–Trinajstić information content (AvgIpc) is 3.08. The van der Waals surface area contributed by atoms with Gasteiger partial charge in [0.25, 0.3) is 0 Å². The summed E-state index contributed by atoms with van der Waals surface area (Å²) in [6, 6.07) is 10.0. The van der Waals surface area contributed by atoms with Crippen molar-refractivity contribution in [2.75, 3.05) is 19.1 Å². The molecule has 266 valence electrons. The number of alkyl halides is 3. The van der Waals surface area contributed by atoms with Crippen LogP contribution in [0.5, 0.6) is 5.75 Å². The SMILES string of the molecule is C=C1CC=C(C(F)(F)F)C=CC1N(C(=O)OC(C)(C)C)c1ccc(S(=O)(=O)N(C)Cc2ccc(OC)cc2)cc1B1OC(C)(C)C(C)(C)O1. The number of methoxy groups -OCH3 is 1. The van der Waals surface area contributed by atoms with Gasteiger partial charge in [-0.3, -0.25) is 4.90 Å². The van der Waals surface area contributed by atoms with Crippen LogP contribution in [0.3, 0.4) is 0 Å². The number of nitrogens with zero attached hydrogens (tertiary/aromatic N) is 2. The molecule has 1 heterocycles. The molecule has 1 aliphatic carbocycles. The molecule has 1 saturated heterocycles. The summed E-state index contributed by atoms with van der Waals surface area (Å²) in [5.74, 6) is 0.628. The maximum atomic E-state index is 14.0. The summed E-state index contributed by atoms with van der Waals surface area (Å²) in [6.45, 7) is 16.3. The third kappa shape index (κ3) is 8.42. The van der Waals surface area contributed by atoms with Crippen molar-refractivity contribution in [2.24, 2.45) is 0 Å². The number of allylic oxidation sites excluding steroid dienone is 3. The highest BCUT2D eigenvalue weighted by atomic mass is 32.2. The molecule has 0 radical (unpaired) electrons. The number of carbonyl (C=O) groups excluding carboxylic acids is 1. The first-order chi connectivity index (χ1) is 22.5. The molecule has 0 aromatic heterocycles. The Labute approximate surface area is 287 Å². The number of benzene rings is 2. The lowest BCUT2D eigenvalue weighted by molar-refractivity contribution is -0.0883. The number of halogens is 3. The molecule has 14 heteroatoms. The van der Waals surface area contributed by atoms with Crippen LogP contribution in [0.15, 0.2) is 83.3 Å². The first-order valence-corrected chi connectivity index (χ1v) is 17.1. The molecule has 49 heavy (non-hydrogen) atoms. The molecular weight excluding hydrogens is 660 g/mol. The van der Waals surface area contributed by atoms with Crippen molar-refractivity contribution in [3.8, 4) is 5.75 Å². The van der Waals surface area contributed by atoms with Gasteiger partial charge in [-0.1, -0.05) is 36.9 Å². The van der Waals surface area contributed by atoms with E-state index in [1.54, 1.807) is 45.0 Å². The molecule has 0 saturated carbocycles. The number of hydrogen-bond donors (Lipinski definition) is 0. The monoisotopic (exact) mass is 704 g/mol. The van der Waals surface area contributed by atoms with E-state index in [0.29, 0.717) is 5.75 Å². The van der Waals surface area contributed by atoms with Crippen molar-refractivity contribution in [3.05, 3.63) is 84.0 Å². The molecule has 1 unspecified atom stereocenters. The lowest BCUT2D eigenvalue weighted by atomic mass is 9.77. The maximum absolute atomic E-state index is 14.0. The summed E-state index contributed by atoms with van der Waals surface area (Å²) in [5.41, 5.74) is -2.31. The summed E-state index contributed by atoms with van der Waals surface area (Å²) in [7, 11) is -2.31. The van der Waals surface area contributed by atoms with Gasteiger partial charge in [0.1, 0.15) is 11.4 Å². The van der Waals surface area contributed by atoms with Crippen molar-refractivity contribution in [3.63, 3.8) is 0 Å². The second kappa shape index (κ2) is 13.6. The Balaban J connectivity index is 1.88. The predicted octanol–water partition coefficient (Wildman–Crippen LogP) is 6.93. The largest absolute Gasteiger partial charge is 0.497 e. The van der Waals surface area contributed by atoms with Gasteiger partial charge in [0.15, 0.2) is 0 Å². The first kappa shape index (κ1) is 38.2. The number of sulfonamides is 1. The van der Waals surface area contributed by atoms with E-state index in [-0.39, 0.29) is 34.6 Å². The number of carbonyl (C=O) groups is 1. The molecule has 9 nitrogen and oxygen atoms in total. The van der Waals surface area contributed by atoms with E-state index in [2.05, 4.69) is 6.58 Å². The summed E-state index contributed by atoms with van der Waals surface area (Å²) >= 11 is 0. The average molecular weight is 705 g/mol. The van der Waals surface area contributed by atoms with Crippen LogP contribution in [-0.4, -0.2) is 69.1 Å². The van der Waals surface area contributed by atoms with Crippen LogP contribution >= 0.6 is 0 Å². The van der Waals surface area contributed by atoms with Crippen LogP contribution in [0.2, 0.25) is 0 Å². The molecule has 1 aliphatic heterocycles. The summed E-state index contributed by atoms with van der Waals surface area (Å²) in [4.78, 5) is 15.1. The van der Waals surface area contributed by atoms with Gasteiger partial charge in [0.2, 0.25) is 10.0 Å². The van der Waals surface area contributed by atoms with Gasteiger partial charge in [-0.05, 0) is 96.4 Å². The lowest BCUT2D eigenvalue weighted by Gasteiger charge is -2.34. The highest BCUT2D eigenvalue weighted by molar-refractivity contribution is 7.89. The molecule has 0 bridgehead atoms. The van der Waals surface area contributed by atoms with Gasteiger partial charge in [0.05, 0.1) is 34.8 Å². The summed E-state index contributed by atoms with van der Waals surface area (Å²) < 4.78 is 94.0. The third-order valence-corrected chi connectivity index (χ3v) is 10.5. The molecule has 0 spiro atoms. The van der Waals surface area contributed by atoms with E-state index in [9.17, 15) is 26.4 Å². The smallest absolute Gasteiger partial charge is 0.497 e. The minimum Gasteiger partial charge on any atom is -0.497 e. The van der Waals surface area contributed by atoms with Crippen molar-refractivity contribution >= 4 is 34.4 Å². The number of ether oxygens (including phenoxy) is 2. The molecule has 2 aromatic rings. The highest BCUT2D eigenvalue weighted by Crippen LogP contribution is 2.39. The fraction of sp³-hybridized carbons (Fsp3) is 0.457. The van der Waals surface area contributed by atoms with E-state index in [4.69, 9.17) is 18.8 Å². The number of hydrogen-bond acceptors (Lipinski definition) is 7. The lowest BCUT2D eigenvalue weighted by Crippen LogP contribution is -2.48. The molecule has 1 amide bonds. The van der Waals surface area contributed by atoms with Gasteiger partial charge < -0.3 is 18.8 Å².